The van der Waals surface area contributed by atoms with Crippen molar-refractivity contribution in [3.63, 3.8) is 0 Å². The number of aliphatic hydroxyl groups excluding tert-OH is 1. The molecular weight excluding hydrogens is 379 g/mol. The van der Waals surface area contributed by atoms with Crippen LogP contribution < -0.4 is 15.2 Å². The first-order valence-corrected chi connectivity index (χ1v) is 9.29. The van der Waals surface area contributed by atoms with Gasteiger partial charge >= 0.3 is 0 Å². The second-order valence-electron chi connectivity index (χ2n) is 7.05. The lowest BCUT2D eigenvalue weighted by Crippen LogP contribution is -2.49. The third-order valence-corrected chi connectivity index (χ3v) is 4.75. The van der Waals surface area contributed by atoms with E-state index in [0.717, 1.165) is 12.5 Å². The molecule has 2 aromatic rings. The molecular formula is C21H23FN2O5. The Morgan fingerprint density at radius 2 is 1.97 bits per heavy atom. The summed E-state index contributed by atoms with van der Waals surface area (Å²) in [5.74, 6) is -1.37. The fourth-order valence-electron chi connectivity index (χ4n) is 2.94. The van der Waals surface area contributed by atoms with E-state index < -0.39 is 17.8 Å². The molecule has 154 valence electrons. The zero-order chi connectivity index (χ0) is 21.1. The standard InChI is InChI=1S/C21H23FN2O5/c1-12-5-6-24(12)21(27)14-3-4-19(18(22)9-14)29-17-8-15(20(23)26)7-16(10-17)28-13(2)11-25/h3-4,7-10,12-13,25H,5-6,11H2,1-2H3,(H2,23,26)/t12?,13-/m0/s1. The van der Waals surface area contributed by atoms with Crippen LogP contribution in [0.4, 0.5) is 4.39 Å². The van der Waals surface area contributed by atoms with Gasteiger partial charge in [-0.25, -0.2) is 4.39 Å². The third kappa shape index (κ3) is 4.65. The third-order valence-electron chi connectivity index (χ3n) is 4.75. The van der Waals surface area contributed by atoms with Crippen LogP contribution in [0, 0.1) is 5.82 Å². The zero-order valence-electron chi connectivity index (χ0n) is 16.2. The van der Waals surface area contributed by atoms with Crippen molar-refractivity contribution in [2.24, 2.45) is 5.73 Å². The molecule has 0 aromatic heterocycles. The highest BCUT2D eigenvalue weighted by molar-refractivity contribution is 5.95. The Morgan fingerprint density at radius 1 is 1.24 bits per heavy atom. The normalized spacial score (nSPS) is 16.7. The molecule has 0 radical (unpaired) electrons. The topological polar surface area (TPSA) is 102 Å². The lowest BCUT2D eigenvalue weighted by atomic mass is 10.0. The first kappa shape index (κ1) is 20.6. The van der Waals surface area contributed by atoms with E-state index in [-0.39, 0.29) is 46.9 Å². The van der Waals surface area contributed by atoms with Gasteiger partial charge in [0.05, 0.1) is 6.61 Å². The summed E-state index contributed by atoms with van der Waals surface area (Å²) in [7, 11) is 0. The van der Waals surface area contributed by atoms with Gasteiger partial charge in [-0.2, -0.15) is 0 Å². The minimum atomic E-state index is -0.709. The number of hydrogen-bond acceptors (Lipinski definition) is 5. The van der Waals surface area contributed by atoms with Gasteiger partial charge in [-0.15, -0.1) is 0 Å². The van der Waals surface area contributed by atoms with Crippen LogP contribution in [0.15, 0.2) is 36.4 Å². The second kappa shape index (κ2) is 8.48. The van der Waals surface area contributed by atoms with Crippen molar-refractivity contribution in [3.05, 3.63) is 53.3 Å². The molecule has 1 fully saturated rings. The summed E-state index contributed by atoms with van der Waals surface area (Å²) in [4.78, 5) is 25.6. The van der Waals surface area contributed by atoms with E-state index >= 15 is 0 Å². The number of ether oxygens (including phenoxy) is 2. The molecule has 29 heavy (non-hydrogen) atoms. The molecule has 2 atom stereocenters. The van der Waals surface area contributed by atoms with Crippen LogP contribution in [0.2, 0.25) is 0 Å². The number of nitrogens with zero attached hydrogens (tertiary/aromatic N) is 1. The summed E-state index contributed by atoms with van der Waals surface area (Å²) < 4.78 is 25.6. The maximum absolute atomic E-state index is 14.6. The molecule has 0 saturated carbocycles. The second-order valence-corrected chi connectivity index (χ2v) is 7.05. The number of aliphatic hydroxyl groups is 1. The Morgan fingerprint density at radius 3 is 2.52 bits per heavy atom. The highest BCUT2D eigenvalue weighted by Crippen LogP contribution is 2.30. The molecule has 3 N–H and O–H groups in total. The quantitative estimate of drug-likeness (QED) is 0.741. The molecule has 1 heterocycles. The first-order chi connectivity index (χ1) is 13.8. The van der Waals surface area contributed by atoms with Crippen LogP contribution in [0.5, 0.6) is 17.2 Å². The van der Waals surface area contributed by atoms with E-state index in [9.17, 15) is 14.0 Å². The van der Waals surface area contributed by atoms with Crippen LogP contribution in [0.1, 0.15) is 41.0 Å². The van der Waals surface area contributed by atoms with Gasteiger partial charge in [0.2, 0.25) is 5.91 Å². The van der Waals surface area contributed by atoms with Gasteiger partial charge in [-0.1, -0.05) is 0 Å². The number of amides is 2. The number of rotatable bonds is 7. The van der Waals surface area contributed by atoms with Crippen molar-refractivity contribution in [2.75, 3.05) is 13.2 Å². The number of primary amides is 1. The van der Waals surface area contributed by atoms with E-state index in [1.165, 1.54) is 30.3 Å². The molecule has 1 saturated heterocycles. The van der Waals surface area contributed by atoms with Gasteiger partial charge in [0.15, 0.2) is 11.6 Å². The van der Waals surface area contributed by atoms with Gasteiger partial charge < -0.3 is 25.2 Å². The highest BCUT2D eigenvalue weighted by Gasteiger charge is 2.29. The predicted octanol–water partition coefficient (Wildman–Crippen LogP) is 2.71. The van der Waals surface area contributed by atoms with Crippen molar-refractivity contribution in [2.45, 2.75) is 32.4 Å². The molecule has 1 aliphatic rings. The van der Waals surface area contributed by atoms with Gasteiger partial charge in [0.1, 0.15) is 17.6 Å². The maximum Gasteiger partial charge on any atom is 0.254 e. The summed E-state index contributed by atoms with van der Waals surface area (Å²) in [6.45, 7) is 4.02. The summed E-state index contributed by atoms with van der Waals surface area (Å²) in [5, 5.41) is 9.14. The Kier molecular flexibility index (Phi) is 6.03. The Balaban J connectivity index is 1.83. The Labute approximate surface area is 167 Å². The average molecular weight is 402 g/mol. The summed E-state index contributed by atoms with van der Waals surface area (Å²) >= 11 is 0. The number of nitrogens with two attached hydrogens (primary N) is 1. The van der Waals surface area contributed by atoms with Crippen molar-refractivity contribution in [1.82, 2.24) is 4.90 Å². The highest BCUT2D eigenvalue weighted by atomic mass is 19.1. The van der Waals surface area contributed by atoms with Gasteiger partial charge in [0, 0.05) is 29.8 Å². The number of benzene rings is 2. The lowest BCUT2D eigenvalue weighted by Gasteiger charge is -2.38. The molecule has 3 rings (SSSR count). The van der Waals surface area contributed by atoms with Crippen LogP contribution in [0.25, 0.3) is 0 Å². The van der Waals surface area contributed by atoms with E-state index in [1.807, 2.05) is 6.92 Å². The fourth-order valence-corrected chi connectivity index (χ4v) is 2.94. The summed E-state index contributed by atoms with van der Waals surface area (Å²) in [5.41, 5.74) is 5.69. The van der Waals surface area contributed by atoms with E-state index in [1.54, 1.807) is 11.8 Å². The molecule has 8 heteroatoms. The number of likely N-dealkylation sites (tertiary alicyclic amines) is 1. The summed E-state index contributed by atoms with van der Waals surface area (Å²) in [6, 6.07) is 8.37. The van der Waals surface area contributed by atoms with Crippen molar-refractivity contribution in [3.8, 4) is 17.2 Å². The zero-order valence-corrected chi connectivity index (χ0v) is 16.2. The molecule has 1 aliphatic heterocycles. The average Bonchev–Trinajstić information content (AvgIpc) is 2.67. The van der Waals surface area contributed by atoms with Crippen LogP contribution >= 0.6 is 0 Å². The first-order valence-electron chi connectivity index (χ1n) is 9.29. The van der Waals surface area contributed by atoms with Gasteiger partial charge in [0.25, 0.3) is 5.91 Å². The molecule has 2 amide bonds. The fraction of sp³-hybridized carbons (Fsp3) is 0.333. The van der Waals surface area contributed by atoms with Crippen LogP contribution in [-0.2, 0) is 0 Å². The van der Waals surface area contributed by atoms with Gasteiger partial charge in [-0.05, 0) is 50.6 Å². The SMILES string of the molecule is CC1CCN1C(=O)c1ccc(Oc2cc(O[C@@H](C)CO)cc(C(N)=O)c2)c(F)c1. The maximum atomic E-state index is 14.6. The number of hydrogen-bond donors (Lipinski definition) is 2. The van der Waals surface area contributed by atoms with Crippen molar-refractivity contribution < 1.29 is 28.6 Å². The molecule has 0 aliphatic carbocycles. The molecule has 7 nitrogen and oxygen atoms in total. The Bertz CT molecular complexity index is 933. The Hall–Kier alpha value is -3.13. The molecule has 0 spiro atoms. The predicted molar refractivity (Wildman–Crippen MR) is 104 cm³/mol. The number of carbonyl (C=O) groups excluding carboxylic acids is 2. The smallest absolute Gasteiger partial charge is 0.254 e. The molecule has 2 aromatic carbocycles. The number of halogens is 1. The van der Waals surface area contributed by atoms with E-state index in [0.29, 0.717) is 6.54 Å². The van der Waals surface area contributed by atoms with E-state index in [2.05, 4.69) is 0 Å². The van der Waals surface area contributed by atoms with Crippen LogP contribution in [-0.4, -0.2) is 47.1 Å². The van der Waals surface area contributed by atoms with Gasteiger partial charge in [-0.3, -0.25) is 9.59 Å². The largest absolute Gasteiger partial charge is 0.488 e. The monoisotopic (exact) mass is 402 g/mol. The molecule has 1 unspecified atom stereocenters. The minimum Gasteiger partial charge on any atom is -0.488 e. The van der Waals surface area contributed by atoms with Crippen LogP contribution in [0.3, 0.4) is 0 Å². The minimum absolute atomic E-state index is 0.110. The van der Waals surface area contributed by atoms with Crippen molar-refractivity contribution in [1.29, 1.82) is 0 Å². The molecule has 0 bridgehead atoms. The lowest BCUT2D eigenvalue weighted by molar-refractivity contribution is 0.0501. The van der Waals surface area contributed by atoms with E-state index in [4.69, 9.17) is 20.3 Å². The summed E-state index contributed by atoms with van der Waals surface area (Å²) in [6.07, 6.45) is 0.419. The van der Waals surface area contributed by atoms with Crippen molar-refractivity contribution >= 4 is 11.8 Å². The number of carbonyl (C=O) groups is 2.